The van der Waals surface area contributed by atoms with Gasteiger partial charge < -0.3 is 10.2 Å². The van der Waals surface area contributed by atoms with Crippen molar-refractivity contribution in [1.29, 1.82) is 0 Å². The van der Waals surface area contributed by atoms with Gasteiger partial charge in [-0.3, -0.25) is 14.4 Å². The summed E-state index contributed by atoms with van der Waals surface area (Å²) in [6.07, 6.45) is -0.183. The number of fused-ring (bicyclic) bond motifs is 1. The van der Waals surface area contributed by atoms with Gasteiger partial charge in [0, 0.05) is 17.7 Å². The lowest BCUT2D eigenvalue weighted by atomic mass is 10.1. The Hall–Kier alpha value is -3.00. The number of benzene rings is 2. The fourth-order valence-electron chi connectivity index (χ4n) is 2.85. The Morgan fingerprint density at radius 2 is 1.74 bits per heavy atom. The summed E-state index contributed by atoms with van der Waals surface area (Å²) in [4.78, 5) is 37.4. The maximum Gasteiger partial charge on any atom is 0.244 e. The van der Waals surface area contributed by atoms with Gasteiger partial charge in [0.25, 0.3) is 0 Å². The predicted molar refractivity (Wildman–Crippen MR) is 101 cm³/mol. The molecule has 0 spiro atoms. The Labute approximate surface area is 156 Å². The van der Waals surface area contributed by atoms with Crippen molar-refractivity contribution < 1.29 is 22.8 Å². The first-order chi connectivity index (χ1) is 12.8. The van der Waals surface area contributed by atoms with E-state index < -0.39 is 21.7 Å². The minimum Gasteiger partial charge on any atom is -0.325 e. The van der Waals surface area contributed by atoms with Crippen molar-refractivity contribution in [1.82, 2.24) is 0 Å². The Balaban J connectivity index is 1.82. The number of hydrogen-bond acceptors (Lipinski definition) is 5. The highest BCUT2D eigenvalue weighted by Gasteiger charge is 2.31. The smallest absolute Gasteiger partial charge is 0.244 e. The number of hydrogen-bond donors (Lipinski definition) is 1. The summed E-state index contributed by atoms with van der Waals surface area (Å²) >= 11 is 0. The molecule has 0 atom stereocenters. The van der Waals surface area contributed by atoms with Gasteiger partial charge >= 0.3 is 0 Å². The SMILES string of the molecule is CC(=O)c1ccc(NC(=O)CN2C(=O)CCS(=O)(=O)c3ccccc32)cc1. The molecule has 0 aromatic heterocycles. The number of nitrogens with zero attached hydrogens (tertiary/aromatic N) is 1. The highest BCUT2D eigenvalue weighted by molar-refractivity contribution is 7.91. The molecule has 27 heavy (non-hydrogen) atoms. The number of nitrogens with one attached hydrogen (secondary N) is 1. The molecule has 1 heterocycles. The second-order valence-electron chi connectivity index (χ2n) is 6.20. The highest BCUT2D eigenvalue weighted by Crippen LogP contribution is 2.30. The largest absolute Gasteiger partial charge is 0.325 e. The van der Waals surface area contributed by atoms with Crippen molar-refractivity contribution in [2.24, 2.45) is 0 Å². The second-order valence-corrected chi connectivity index (χ2v) is 8.28. The van der Waals surface area contributed by atoms with E-state index in [1.165, 1.54) is 24.0 Å². The lowest BCUT2D eigenvalue weighted by molar-refractivity contribution is -0.121. The molecule has 0 saturated heterocycles. The topological polar surface area (TPSA) is 101 Å². The van der Waals surface area contributed by atoms with E-state index in [4.69, 9.17) is 0 Å². The van der Waals surface area contributed by atoms with Crippen LogP contribution in [0.15, 0.2) is 53.4 Å². The highest BCUT2D eigenvalue weighted by atomic mass is 32.2. The van der Waals surface area contributed by atoms with Gasteiger partial charge in [-0.2, -0.15) is 0 Å². The van der Waals surface area contributed by atoms with Gasteiger partial charge in [-0.1, -0.05) is 12.1 Å². The Bertz CT molecular complexity index is 1010. The molecule has 1 aliphatic heterocycles. The molecule has 1 N–H and O–H groups in total. The number of amides is 2. The Morgan fingerprint density at radius 3 is 2.41 bits per heavy atom. The molecule has 0 bridgehead atoms. The normalized spacial score (nSPS) is 15.6. The van der Waals surface area contributed by atoms with Gasteiger partial charge in [-0.15, -0.1) is 0 Å². The van der Waals surface area contributed by atoms with Crippen LogP contribution in [0.1, 0.15) is 23.7 Å². The van der Waals surface area contributed by atoms with Crippen LogP contribution < -0.4 is 10.2 Å². The van der Waals surface area contributed by atoms with Gasteiger partial charge in [-0.25, -0.2) is 8.42 Å². The van der Waals surface area contributed by atoms with E-state index in [1.54, 1.807) is 36.4 Å². The van der Waals surface area contributed by atoms with Crippen LogP contribution in [-0.2, 0) is 19.4 Å². The van der Waals surface area contributed by atoms with Crippen LogP contribution in [0.5, 0.6) is 0 Å². The number of carbonyl (C=O) groups is 3. The van der Waals surface area contributed by atoms with Crippen LogP contribution in [0.3, 0.4) is 0 Å². The zero-order valence-corrected chi connectivity index (χ0v) is 15.5. The van der Waals surface area contributed by atoms with Gasteiger partial charge in [0.1, 0.15) is 6.54 Å². The lowest BCUT2D eigenvalue weighted by Gasteiger charge is -2.21. The van der Waals surface area contributed by atoms with Gasteiger partial charge in [-0.05, 0) is 43.3 Å². The summed E-state index contributed by atoms with van der Waals surface area (Å²) in [7, 11) is -3.58. The summed E-state index contributed by atoms with van der Waals surface area (Å²) in [6.45, 7) is 1.14. The number of ketones is 1. The van der Waals surface area contributed by atoms with Crippen molar-refractivity contribution in [3.05, 3.63) is 54.1 Å². The summed E-state index contributed by atoms with van der Waals surface area (Å²) in [5.41, 5.74) is 1.21. The first kappa shape index (κ1) is 18.8. The lowest BCUT2D eigenvalue weighted by Crippen LogP contribution is -2.37. The van der Waals surface area contributed by atoms with Crippen molar-refractivity contribution >= 4 is 38.8 Å². The maximum absolute atomic E-state index is 12.4. The number of Topliss-reactive ketones (excluding diaryl/α,β-unsaturated/α-hetero) is 1. The van der Waals surface area contributed by atoms with Crippen LogP contribution >= 0.6 is 0 Å². The van der Waals surface area contributed by atoms with Crippen LogP contribution in [0, 0.1) is 0 Å². The molecule has 2 aromatic rings. The molecule has 2 aromatic carbocycles. The van der Waals surface area contributed by atoms with Crippen molar-refractivity contribution in [3.8, 4) is 0 Å². The van der Waals surface area contributed by atoms with E-state index in [1.807, 2.05) is 0 Å². The third-order valence-corrected chi connectivity index (χ3v) is 6.01. The molecule has 0 aliphatic carbocycles. The first-order valence-electron chi connectivity index (χ1n) is 8.31. The first-order valence-corrected chi connectivity index (χ1v) is 9.96. The summed E-state index contributed by atoms with van der Waals surface area (Å²) in [6, 6.07) is 12.5. The van der Waals surface area contributed by atoms with Gasteiger partial charge in [0.2, 0.25) is 11.8 Å². The van der Waals surface area contributed by atoms with E-state index in [0.29, 0.717) is 11.3 Å². The van der Waals surface area contributed by atoms with Crippen LogP contribution in [-0.4, -0.2) is 38.3 Å². The monoisotopic (exact) mass is 386 g/mol. The molecule has 0 unspecified atom stereocenters. The van der Waals surface area contributed by atoms with Crippen molar-refractivity contribution in [3.63, 3.8) is 0 Å². The van der Waals surface area contributed by atoms with Crippen LogP contribution in [0.4, 0.5) is 11.4 Å². The Kier molecular flexibility index (Phi) is 5.09. The minimum atomic E-state index is -3.58. The van der Waals surface area contributed by atoms with Gasteiger partial charge in [0.05, 0.1) is 16.3 Å². The third-order valence-electron chi connectivity index (χ3n) is 4.25. The molecule has 0 fully saturated rings. The second kappa shape index (κ2) is 7.32. The maximum atomic E-state index is 12.4. The summed E-state index contributed by atoms with van der Waals surface area (Å²) < 4.78 is 24.7. The number of para-hydroxylation sites is 1. The van der Waals surface area contributed by atoms with E-state index in [-0.39, 0.29) is 35.1 Å². The zero-order valence-electron chi connectivity index (χ0n) is 14.6. The van der Waals surface area contributed by atoms with E-state index in [9.17, 15) is 22.8 Å². The predicted octanol–water partition coefficient (Wildman–Crippen LogP) is 2.04. The van der Waals surface area contributed by atoms with Crippen molar-refractivity contribution in [2.45, 2.75) is 18.2 Å². The molecular weight excluding hydrogens is 368 g/mol. The molecule has 3 rings (SSSR count). The summed E-state index contributed by atoms with van der Waals surface area (Å²) in [5, 5.41) is 2.65. The quantitative estimate of drug-likeness (QED) is 0.811. The standard InChI is InChI=1S/C19H18N2O5S/c1-13(22)14-6-8-15(9-7-14)20-18(23)12-21-16-4-2-3-5-17(16)27(25,26)11-10-19(21)24/h2-9H,10-12H2,1H3,(H,20,23). The number of carbonyl (C=O) groups excluding carboxylic acids is 3. The summed E-state index contributed by atoms with van der Waals surface area (Å²) in [5.74, 6) is -1.26. The molecular formula is C19H18N2O5S. The molecule has 0 radical (unpaired) electrons. The average Bonchev–Trinajstić information content (AvgIpc) is 2.73. The van der Waals surface area contributed by atoms with Crippen molar-refractivity contribution in [2.75, 3.05) is 22.5 Å². The van der Waals surface area contributed by atoms with E-state index >= 15 is 0 Å². The molecule has 2 amide bonds. The third kappa shape index (κ3) is 4.06. The van der Waals surface area contributed by atoms with Crippen LogP contribution in [0.25, 0.3) is 0 Å². The van der Waals surface area contributed by atoms with E-state index in [2.05, 4.69) is 5.32 Å². The van der Waals surface area contributed by atoms with Crippen LogP contribution in [0.2, 0.25) is 0 Å². The van der Waals surface area contributed by atoms with Gasteiger partial charge in [0.15, 0.2) is 15.6 Å². The fraction of sp³-hybridized carbons (Fsp3) is 0.211. The molecule has 0 saturated carbocycles. The fourth-order valence-corrected chi connectivity index (χ4v) is 4.30. The Morgan fingerprint density at radius 1 is 1.07 bits per heavy atom. The molecule has 140 valence electrons. The number of anilines is 2. The minimum absolute atomic E-state index is 0.0504. The number of sulfone groups is 1. The van der Waals surface area contributed by atoms with E-state index in [0.717, 1.165) is 0 Å². The molecule has 7 nitrogen and oxygen atoms in total. The average molecular weight is 386 g/mol. The zero-order chi connectivity index (χ0) is 19.6. The molecule has 1 aliphatic rings. The number of rotatable bonds is 4. The molecule has 8 heteroatoms.